The Kier molecular flexibility index (Phi) is 11.3. The number of esters is 1. The Bertz CT molecular complexity index is 1710. The highest BCUT2D eigenvalue weighted by Crippen LogP contribution is 2.36. The Hall–Kier alpha value is -4.51. The molecule has 0 saturated heterocycles. The van der Waals surface area contributed by atoms with E-state index in [1.807, 2.05) is 44.2 Å². The van der Waals surface area contributed by atoms with E-state index in [1.54, 1.807) is 18.2 Å². The molecular formula is C35H31Cl2NO6. The highest BCUT2D eigenvalue weighted by atomic mass is 35.5. The van der Waals surface area contributed by atoms with Crippen LogP contribution >= 0.6 is 23.2 Å². The van der Waals surface area contributed by atoms with Crippen molar-refractivity contribution in [1.82, 2.24) is 0 Å². The van der Waals surface area contributed by atoms with Gasteiger partial charge in [-0.1, -0.05) is 41.9 Å². The monoisotopic (exact) mass is 631 g/mol. The maximum absolute atomic E-state index is 12.0. The summed E-state index contributed by atoms with van der Waals surface area (Å²) in [5.74, 6) is 1.38. The zero-order valence-electron chi connectivity index (χ0n) is 24.6. The van der Waals surface area contributed by atoms with E-state index in [0.29, 0.717) is 30.1 Å². The number of hydrogen-bond acceptors (Lipinski definition) is 7. The molecule has 4 aromatic carbocycles. The molecule has 0 atom stereocenters. The molecule has 0 aromatic heterocycles. The second-order valence-electron chi connectivity index (χ2n) is 9.95. The highest BCUT2D eigenvalue weighted by molar-refractivity contribution is 6.32. The van der Waals surface area contributed by atoms with E-state index >= 15 is 0 Å². The minimum absolute atomic E-state index is 0.0173. The average molecular weight is 633 g/mol. The van der Waals surface area contributed by atoms with Crippen LogP contribution in [0.2, 0.25) is 5.02 Å². The summed E-state index contributed by atoms with van der Waals surface area (Å²) in [4.78, 5) is 23.8. The fourth-order valence-electron chi connectivity index (χ4n) is 4.70. The second kappa shape index (κ2) is 15.3. The molecule has 9 heteroatoms. The molecule has 4 rings (SSSR count). The molecule has 0 radical (unpaired) electrons. The fraction of sp³-hybridized carbons (Fsp3) is 0.229. The first-order valence-corrected chi connectivity index (χ1v) is 14.7. The third-order valence-electron chi connectivity index (χ3n) is 7.07. The number of methoxy groups -OCH3 is 1. The van der Waals surface area contributed by atoms with Gasteiger partial charge in [0.05, 0.1) is 41.5 Å². The third-order valence-corrected chi connectivity index (χ3v) is 7.63. The standard InChI is InChI=1S/C35H31Cl2NO6/c1-22-26(7-4-8-29(22)30-9-5-10-32(23(30)2)42-12-6-11-36)21-44-34-17-33(28(19-39)16-31(34)37)43-20-25-13-24(18-38)14-27(15-25)35(40)41-3/h4-5,7-10,13-17,19H,6,11-12,20-21H2,1-3H3. The molecular weight excluding hydrogens is 601 g/mol. The lowest BCUT2D eigenvalue weighted by Crippen LogP contribution is -2.05. The maximum atomic E-state index is 12.0. The van der Waals surface area contributed by atoms with Crippen molar-refractivity contribution >= 4 is 35.5 Å². The van der Waals surface area contributed by atoms with Crippen LogP contribution in [0.3, 0.4) is 0 Å². The Morgan fingerprint density at radius 1 is 0.886 bits per heavy atom. The van der Waals surface area contributed by atoms with Crippen molar-refractivity contribution in [2.75, 3.05) is 19.6 Å². The topological polar surface area (TPSA) is 94.9 Å². The Labute approximate surface area is 266 Å². The van der Waals surface area contributed by atoms with E-state index in [0.717, 1.165) is 40.0 Å². The van der Waals surface area contributed by atoms with Crippen molar-refractivity contribution in [3.8, 4) is 34.4 Å². The summed E-state index contributed by atoms with van der Waals surface area (Å²) in [6.07, 6.45) is 1.41. The zero-order valence-corrected chi connectivity index (χ0v) is 26.1. The highest BCUT2D eigenvalue weighted by Gasteiger charge is 2.16. The average Bonchev–Trinajstić information content (AvgIpc) is 3.04. The van der Waals surface area contributed by atoms with E-state index in [4.69, 9.17) is 42.1 Å². The number of nitriles is 1. The van der Waals surface area contributed by atoms with E-state index in [9.17, 15) is 14.9 Å². The van der Waals surface area contributed by atoms with Crippen molar-refractivity contribution in [2.45, 2.75) is 33.5 Å². The number of carbonyl (C=O) groups excluding carboxylic acids is 2. The Balaban J connectivity index is 1.55. The number of halogens is 2. The van der Waals surface area contributed by atoms with Gasteiger partial charge in [-0.15, -0.1) is 11.6 Å². The number of hydrogen-bond donors (Lipinski definition) is 0. The van der Waals surface area contributed by atoms with Crippen molar-refractivity contribution in [2.24, 2.45) is 0 Å². The molecule has 0 saturated carbocycles. The maximum Gasteiger partial charge on any atom is 0.337 e. The third kappa shape index (κ3) is 7.71. The van der Waals surface area contributed by atoms with Gasteiger partial charge in [0.15, 0.2) is 6.29 Å². The number of benzene rings is 4. The summed E-state index contributed by atoms with van der Waals surface area (Å²) in [7, 11) is 1.26. The van der Waals surface area contributed by atoms with Gasteiger partial charge in [-0.3, -0.25) is 4.79 Å². The molecule has 0 amide bonds. The van der Waals surface area contributed by atoms with Crippen molar-refractivity contribution in [3.63, 3.8) is 0 Å². The summed E-state index contributed by atoms with van der Waals surface area (Å²) in [6, 6.07) is 21.7. The molecule has 0 aliphatic rings. The minimum Gasteiger partial charge on any atom is -0.493 e. The van der Waals surface area contributed by atoms with Gasteiger partial charge in [0.2, 0.25) is 0 Å². The lowest BCUT2D eigenvalue weighted by molar-refractivity contribution is 0.0600. The van der Waals surface area contributed by atoms with Crippen molar-refractivity contribution < 1.29 is 28.5 Å². The Morgan fingerprint density at radius 3 is 2.32 bits per heavy atom. The van der Waals surface area contributed by atoms with Gasteiger partial charge >= 0.3 is 5.97 Å². The molecule has 0 unspecified atom stereocenters. The number of alkyl halides is 1. The molecule has 226 valence electrons. The lowest BCUT2D eigenvalue weighted by Gasteiger charge is -2.17. The van der Waals surface area contributed by atoms with E-state index in [-0.39, 0.29) is 40.7 Å². The van der Waals surface area contributed by atoms with Crippen LogP contribution in [0.1, 0.15) is 55.0 Å². The van der Waals surface area contributed by atoms with Gasteiger partial charge in [-0.05, 0) is 84.0 Å². The molecule has 0 aliphatic heterocycles. The SMILES string of the molecule is COC(=O)c1cc(C#N)cc(COc2cc(OCc3cccc(-c4cccc(OCCCCl)c4C)c3C)c(Cl)cc2C=O)c1. The lowest BCUT2D eigenvalue weighted by atomic mass is 9.93. The molecule has 0 heterocycles. The molecule has 0 N–H and O–H groups in total. The van der Waals surface area contributed by atoms with Gasteiger partial charge in [-0.25, -0.2) is 4.79 Å². The van der Waals surface area contributed by atoms with Crippen LogP contribution in [0, 0.1) is 25.2 Å². The quantitative estimate of drug-likeness (QED) is 0.0634. The van der Waals surface area contributed by atoms with Gasteiger partial charge in [0.1, 0.15) is 30.5 Å². The number of rotatable bonds is 13. The van der Waals surface area contributed by atoms with Crippen LogP contribution in [0.15, 0.2) is 66.7 Å². The summed E-state index contributed by atoms with van der Waals surface area (Å²) in [6.45, 7) is 4.83. The van der Waals surface area contributed by atoms with Crippen molar-refractivity contribution in [1.29, 1.82) is 5.26 Å². The predicted molar refractivity (Wildman–Crippen MR) is 170 cm³/mol. The number of ether oxygens (including phenoxy) is 4. The summed E-state index contributed by atoms with van der Waals surface area (Å²) in [5.41, 5.74) is 6.44. The van der Waals surface area contributed by atoms with Gasteiger partial charge in [0, 0.05) is 11.9 Å². The first-order chi connectivity index (χ1) is 21.3. The summed E-state index contributed by atoms with van der Waals surface area (Å²) < 4.78 is 22.8. The molecule has 0 spiro atoms. The van der Waals surface area contributed by atoms with Gasteiger partial charge in [0.25, 0.3) is 0 Å². The normalized spacial score (nSPS) is 10.5. The van der Waals surface area contributed by atoms with Crippen molar-refractivity contribution in [3.05, 3.63) is 111 Å². The largest absolute Gasteiger partial charge is 0.493 e. The Morgan fingerprint density at radius 2 is 1.61 bits per heavy atom. The van der Waals surface area contributed by atoms with Crippen LogP contribution < -0.4 is 14.2 Å². The fourth-order valence-corrected chi connectivity index (χ4v) is 5.04. The number of aldehydes is 1. The molecule has 7 nitrogen and oxygen atoms in total. The summed E-state index contributed by atoms with van der Waals surface area (Å²) in [5, 5.41) is 9.62. The van der Waals surface area contributed by atoms with E-state index < -0.39 is 5.97 Å². The van der Waals surface area contributed by atoms with E-state index in [2.05, 4.69) is 12.1 Å². The molecule has 44 heavy (non-hydrogen) atoms. The molecule has 0 aliphatic carbocycles. The first kappa shape index (κ1) is 32.4. The zero-order chi connectivity index (χ0) is 31.6. The second-order valence-corrected chi connectivity index (χ2v) is 10.7. The van der Waals surface area contributed by atoms with Crippen LogP contribution in [-0.2, 0) is 18.0 Å². The van der Waals surface area contributed by atoms with Crippen LogP contribution in [0.5, 0.6) is 17.2 Å². The molecule has 0 bridgehead atoms. The van der Waals surface area contributed by atoms with Gasteiger partial charge < -0.3 is 18.9 Å². The minimum atomic E-state index is -0.572. The predicted octanol–water partition coefficient (Wildman–Crippen LogP) is 8.26. The molecule has 4 aromatic rings. The first-order valence-electron chi connectivity index (χ1n) is 13.8. The smallest absolute Gasteiger partial charge is 0.337 e. The van der Waals surface area contributed by atoms with Gasteiger partial charge in [-0.2, -0.15) is 5.26 Å². The number of nitrogens with zero attached hydrogens (tertiary/aromatic N) is 1. The van der Waals surface area contributed by atoms with Crippen LogP contribution in [0.4, 0.5) is 0 Å². The van der Waals surface area contributed by atoms with E-state index in [1.165, 1.54) is 19.2 Å². The number of carbonyl (C=O) groups is 2. The van der Waals surface area contributed by atoms with Crippen LogP contribution in [0.25, 0.3) is 11.1 Å². The summed E-state index contributed by atoms with van der Waals surface area (Å²) >= 11 is 12.3. The van der Waals surface area contributed by atoms with Crippen LogP contribution in [-0.4, -0.2) is 31.9 Å². The molecule has 0 fully saturated rings.